The first kappa shape index (κ1) is 15.0. The van der Waals surface area contributed by atoms with Gasteiger partial charge in [-0.25, -0.2) is 4.98 Å². The van der Waals surface area contributed by atoms with E-state index in [0.717, 1.165) is 43.5 Å². The summed E-state index contributed by atoms with van der Waals surface area (Å²) in [5.74, 6) is 1.69. The number of hydrogen-bond acceptors (Lipinski definition) is 4. The van der Waals surface area contributed by atoms with Crippen LogP contribution in [0, 0.1) is 12.8 Å². The molecule has 0 unspecified atom stereocenters. The smallest absolute Gasteiger partial charge is 0.126 e. The standard InChI is InChI=1S/C17H25N5/c1-14-7-10-22(21-14)11-9-19-17-6-2-5-16(20-17)12-15-4-3-8-18-13-15/h2,5-7,10,15,18H,3-4,8-9,11-13H2,1H3,(H,19,20)/t15-/m1/s1. The van der Waals surface area contributed by atoms with Crippen LogP contribution in [0.2, 0.25) is 0 Å². The molecule has 0 aliphatic carbocycles. The van der Waals surface area contributed by atoms with Crippen molar-refractivity contribution in [2.24, 2.45) is 5.92 Å². The lowest BCUT2D eigenvalue weighted by Gasteiger charge is -2.22. The van der Waals surface area contributed by atoms with E-state index in [1.165, 1.54) is 25.1 Å². The van der Waals surface area contributed by atoms with Crippen LogP contribution < -0.4 is 10.6 Å². The van der Waals surface area contributed by atoms with Crippen molar-refractivity contribution in [3.63, 3.8) is 0 Å². The van der Waals surface area contributed by atoms with E-state index < -0.39 is 0 Å². The fraction of sp³-hybridized carbons (Fsp3) is 0.529. The van der Waals surface area contributed by atoms with Crippen molar-refractivity contribution in [1.29, 1.82) is 0 Å². The van der Waals surface area contributed by atoms with Crippen LogP contribution in [0.4, 0.5) is 5.82 Å². The molecule has 2 aromatic heterocycles. The first-order valence-electron chi connectivity index (χ1n) is 8.20. The molecule has 0 radical (unpaired) electrons. The summed E-state index contributed by atoms with van der Waals surface area (Å²) in [6, 6.07) is 8.30. The molecule has 3 heterocycles. The van der Waals surface area contributed by atoms with Crippen LogP contribution in [-0.4, -0.2) is 34.4 Å². The molecule has 2 N–H and O–H groups in total. The highest BCUT2D eigenvalue weighted by atomic mass is 15.3. The highest BCUT2D eigenvalue weighted by Gasteiger charge is 2.14. The van der Waals surface area contributed by atoms with Gasteiger partial charge in [-0.1, -0.05) is 6.07 Å². The van der Waals surface area contributed by atoms with E-state index in [0.29, 0.717) is 0 Å². The number of hydrogen-bond donors (Lipinski definition) is 2. The molecule has 118 valence electrons. The number of aromatic nitrogens is 3. The van der Waals surface area contributed by atoms with Crippen molar-refractivity contribution in [3.8, 4) is 0 Å². The Hall–Kier alpha value is -1.88. The lowest BCUT2D eigenvalue weighted by molar-refractivity contribution is 0.373. The number of anilines is 1. The minimum atomic E-state index is 0.726. The van der Waals surface area contributed by atoms with Crippen molar-refractivity contribution in [3.05, 3.63) is 41.9 Å². The van der Waals surface area contributed by atoms with Crippen molar-refractivity contribution in [1.82, 2.24) is 20.1 Å². The van der Waals surface area contributed by atoms with E-state index in [9.17, 15) is 0 Å². The van der Waals surface area contributed by atoms with Crippen LogP contribution in [0.5, 0.6) is 0 Å². The van der Waals surface area contributed by atoms with Crippen molar-refractivity contribution < 1.29 is 0 Å². The quantitative estimate of drug-likeness (QED) is 0.859. The minimum Gasteiger partial charge on any atom is -0.368 e. The molecule has 0 amide bonds. The average molecular weight is 299 g/mol. The van der Waals surface area contributed by atoms with Crippen molar-refractivity contribution >= 4 is 5.82 Å². The Labute approximate surface area is 132 Å². The van der Waals surface area contributed by atoms with Crippen LogP contribution in [-0.2, 0) is 13.0 Å². The summed E-state index contributed by atoms with van der Waals surface area (Å²) < 4.78 is 1.96. The Morgan fingerprint density at radius 2 is 2.32 bits per heavy atom. The fourth-order valence-corrected chi connectivity index (χ4v) is 2.97. The van der Waals surface area contributed by atoms with E-state index in [-0.39, 0.29) is 0 Å². The van der Waals surface area contributed by atoms with E-state index in [1.54, 1.807) is 0 Å². The molecular weight excluding hydrogens is 274 g/mol. The molecule has 0 spiro atoms. The lowest BCUT2D eigenvalue weighted by atomic mass is 9.94. The van der Waals surface area contributed by atoms with Gasteiger partial charge in [-0.3, -0.25) is 4.68 Å². The van der Waals surface area contributed by atoms with E-state index in [4.69, 9.17) is 4.98 Å². The predicted octanol–water partition coefficient (Wildman–Crippen LogP) is 2.24. The Morgan fingerprint density at radius 3 is 3.09 bits per heavy atom. The monoisotopic (exact) mass is 299 g/mol. The Kier molecular flexibility index (Phi) is 5.06. The molecule has 1 atom stereocenters. The van der Waals surface area contributed by atoms with E-state index in [2.05, 4.69) is 27.9 Å². The second-order valence-electron chi connectivity index (χ2n) is 6.08. The van der Waals surface area contributed by atoms with Crippen LogP contribution in [0.25, 0.3) is 0 Å². The fourth-order valence-electron chi connectivity index (χ4n) is 2.97. The molecule has 3 rings (SSSR count). The average Bonchev–Trinajstić information content (AvgIpc) is 2.94. The van der Waals surface area contributed by atoms with E-state index >= 15 is 0 Å². The maximum absolute atomic E-state index is 4.73. The second kappa shape index (κ2) is 7.40. The van der Waals surface area contributed by atoms with Gasteiger partial charge in [0.25, 0.3) is 0 Å². The number of piperidine rings is 1. The van der Waals surface area contributed by atoms with Crippen molar-refractivity contribution in [2.75, 3.05) is 25.0 Å². The second-order valence-corrected chi connectivity index (χ2v) is 6.08. The molecule has 0 bridgehead atoms. The normalized spacial score (nSPS) is 18.3. The molecule has 0 saturated carbocycles. The van der Waals surface area contributed by atoms with Crippen LogP contribution in [0.1, 0.15) is 24.2 Å². The Bertz CT molecular complexity index is 586. The van der Waals surface area contributed by atoms with Gasteiger partial charge in [-0.2, -0.15) is 5.10 Å². The molecule has 22 heavy (non-hydrogen) atoms. The highest BCUT2D eigenvalue weighted by molar-refractivity contribution is 5.35. The number of nitrogens with one attached hydrogen (secondary N) is 2. The highest BCUT2D eigenvalue weighted by Crippen LogP contribution is 2.16. The SMILES string of the molecule is Cc1ccn(CCNc2cccc(C[C@H]3CCCNC3)n2)n1. The van der Waals surface area contributed by atoms with Gasteiger partial charge in [0.1, 0.15) is 5.82 Å². The number of aryl methyl sites for hydroxylation is 1. The van der Waals surface area contributed by atoms with E-state index in [1.807, 2.05) is 29.9 Å². The molecular formula is C17H25N5. The maximum Gasteiger partial charge on any atom is 0.126 e. The van der Waals surface area contributed by atoms with Gasteiger partial charge < -0.3 is 10.6 Å². The number of pyridine rings is 1. The molecule has 0 aromatic carbocycles. The molecule has 5 heteroatoms. The predicted molar refractivity (Wildman–Crippen MR) is 89.0 cm³/mol. The third-order valence-corrected chi connectivity index (χ3v) is 4.12. The summed E-state index contributed by atoms with van der Waals surface area (Å²) >= 11 is 0. The van der Waals surface area contributed by atoms with Gasteiger partial charge in [0.05, 0.1) is 12.2 Å². The van der Waals surface area contributed by atoms with Gasteiger partial charge >= 0.3 is 0 Å². The molecule has 1 saturated heterocycles. The van der Waals surface area contributed by atoms with Gasteiger partial charge in [0.15, 0.2) is 0 Å². The maximum atomic E-state index is 4.73. The largest absolute Gasteiger partial charge is 0.368 e. The zero-order valence-electron chi connectivity index (χ0n) is 13.3. The van der Waals surface area contributed by atoms with Gasteiger partial charge in [0, 0.05) is 18.4 Å². The van der Waals surface area contributed by atoms with Gasteiger partial charge in [-0.15, -0.1) is 0 Å². The summed E-state index contributed by atoms with van der Waals surface area (Å²) in [6.45, 7) is 5.99. The van der Waals surface area contributed by atoms with Gasteiger partial charge in [-0.05, 0) is 63.4 Å². The zero-order chi connectivity index (χ0) is 15.2. The summed E-state index contributed by atoms with van der Waals surface area (Å²) in [5, 5.41) is 11.2. The zero-order valence-corrected chi connectivity index (χ0v) is 13.3. The number of nitrogens with zero attached hydrogens (tertiary/aromatic N) is 3. The summed E-state index contributed by atoms with van der Waals surface area (Å²) in [6.07, 6.45) is 5.68. The van der Waals surface area contributed by atoms with Crippen molar-refractivity contribution in [2.45, 2.75) is 32.7 Å². The minimum absolute atomic E-state index is 0.726. The molecule has 2 aromatic rings. The van der Waals surface area contributed by atoms with Gasteiger partial charge in [0.2, 0.25) is 0 Å². The third kappa shape index (κ3) is 4.31. The first-order chi connectivity index (χ1) is 10.8. The molecule has 1 aliphatic heterocycles. The Morgan fingerprint density at radius 1 is 1.36 bits per heavy atom. The summed E-state index contributed by atoms with van der Waals surface area (Å²) in [5.41, 5.74) is 2.25. The van der Waals surface area contributed by atoms with Crippen LogP contribution in [0.3, 0.4) is 0 Å². The summed E-state index contributed by atoms with van der Waals surface area (Å²) in [4.78, 5) is 4.73. The lowest BCUT2D eigenvalue weighted by Crippen LogP contribution is -2.31. The summed E-state index contributed by atoms with van der Waals surface area (Å²) in [7, 11) is 0. The topological polar surface area (TPSA) is 54.8 Å². The first-order valence-corrected chi connectivity index (χ1v) is 8.20. The number of rotatable bonds is 6. The molecule has 1 fully saturated rings. The van der Waals surface area contributed by atoms with Crippen LogP contribution >= 0.6 is 0 Å². The Balaban J connectivity index is 1.50. The molecule has 1 aliphatic rings. The molecule has 5 nitrogen and oxygen atoms in total. The third-order valence-electron chi connectivity index (χ3n) is 4.12. The van der Waals surface area contributed by atoms with Crippen LogP contribution in [0.15, 0.2) is 30.5 Å².